The second kappa shape index (κ2) is 11.1. The molecule has 0 N–H and O–H groups in total. The minimum Gasteiger partial charge on any atom is -0.421 e. The van der Waals surface area contributed by atoms with Gasteiger partial charge in [-0.1, -0.05) is 54.6 Å². The molecule has 0 saturated carbocycles. The fourth-order valence-electron chi connectivity index (χ4n) is 4.39. The third-order valence-corrected chi connectivity index (χ3v) is 10.5. The quantitative estimate of drug-likeness (QED) is 0.168. The van der Waals surface area contributed by atoms with Crippen molar-refractivity contribution in [2.24, 2.45) is 0 Å². The highest BCUT2D eigenvalue weighted by molar-refractivity contribution is 7.95. The van der Waals surface area contributed by atoms with Gasteiger partial charge in [0.15, 0.2) is 0 Å². The molecule has 0 aliphatic carbocycles. The van der Waals surface area contributed by atoms with Crippen molar-refractivity contribution in [3.05, 3.63) is 144 Å². The average Bonchev–Trinajstić information content (AvgIpc) is 2.98. The van der Waals surface area contributed by atoms with E-state index in [1.807, 2.05) is 18.2 Å². The molecule has 0 spiro atoms. The van der Waals surface area contributed by atoms with Gasteiger partial charge in [0.1, 0.15) is 47.0 Å². The summed E-state index contributed by atoms with van der Waals surface area (Å²) in [6.45, 7) is 0. The molecule has 0 aliphatic rings. The van der Waals surface area contributed by atoms with Crippen LogP contribution in [0.4, 0.5) is 4.39 Å². The van der Waals surface area contributed by atoms with Crippen LogP contribution in [0.5, 0.6) is 5.75 Å². The highest BCUT2D eigenvalue weighted by atomic mass is 31.2. The van der Waals surface area contributed by atoms with E-state index in [0.29, 0.717) is 6.16 Å². The normalized spacial score (nSPS) is 10.9. The van der Waals surface area contributed by atoms with Gasteiger partial charge in [-0.25, -0.2) is 19.2 Å². The summed E-state index contributed by atoms with van der Waals surface area (Å²) in [5.41, 5.74) is 0.739. The smallest absolute Gasteiger partial charge is 0.381 e. The summed E-state index contributed by atoms with van der Waals surface area (Å²) in [6.07, 6.45) is 3.94. The van der Waals surface area contributed by atoms with Crippen LogP contribution in [-0.4, -0.2) is 15.9 Å². The first-order valence-electron chi connectivity index (χ1n) is 11.9. The Hall–Kier alpha value is -4.72. The van der Waals surface area contributed by atoms with Gasteiger partial charge in [-0.2, -0.15) is 5.26 Å². The SMILES string of the molecule is N#Cc1ccc(OC(=O)c2ncc(C[P+](c3ccccc3)(c3ccccc3)c3ccccc3)cn2)cc1F. The Balaban J connectivity index is 1.49. The molecule has 7 heteroatoms. The second-order valence-electron chi connectivity index (χ2n) is 8.53. The number of nitrogens with zero attached hydrogens (tertiary/aromatic N) is 3. The lowest BCUT2D eigenvalue weighted by Crippen LogP contribution is -2.32. The number of hydrogen-bond acceptors (Lipinski definition) is 5. The first kappa shape index (κ1) is 25.0. The Labute approximate surface area is 220 Å². The predicted molar refractivity (Wildman–Crippen MR) is 147 cm³/mol. The molecule has 0 bridgehead atoms. The third kappa shape index (κ3) is 5.06. The largest absolute Gasteiger partial charge is 0.421 e. The van der Waals surface area contributed by atoms with Crippen molar-refractivity contribution in [2.75, 3.05) is 0 Å². The van der Waals surface area contributed by atoms with Gasteiger partial charge in [-0.15, -0.1) is 0 Å². The monoisotopic (exact) mass is 518 g/mol. The highest BCUT2D eigenvalue weighted by Gasteiger charge is 2.45. The van der Waals surface area contributed by atoms with E-state index in [-0.39, 0.29) is 17.1 Å². The topological polar surface area (TPSA) is 75.9 Å². The lowest BCUT2D eigenvalue weighted by molar-refractivity contribution is 0.0721. The fourth-order valence-corrected chi connectivity index (χ4v) is 8.58. The molecule has 0 aliphatic heterocycles. The van der Waals surface area contributed by atoms with Crippen molar-refractivity contribution in [2.45, 2.75) is 6.16 Å². The summed E-state index contributed by atoms with van der Waals surface area (Å²) in [7, 11) is -2.15. The van der Waals surface area contributed by atoms with Crippen LogP contribution in [0.2, 0.25) is 0 Å². The number of rotatable bonds is 7. The predicted octanol–water partition coefficient (Wildman–Crippen LogP) is 5.20. The molecule has 0 atom stereocenters. The molecule has 5 rings (SSSR count). The molecule has 5 aromatic rings. The molecule has 38 heavy (non-hydrogen) atoms. The molecule has 0 unspecified atom stereocenters. The summed E-state index contributed by atoms with van der Waals surface area (Å²) in [5.74, 6) is -1.74. The van der Waals surface area contributed by atoms with Crippen molar-refractivity contribution in [3.63, 3.8) is 0 Å². The van der Waals surface area contributed by atoms with Gasteiger partial charge in [-0.05, 0) is 48.5 Å². The van der Waals surface area contributed by atoms with Gasteiger partial charge in [0.25, 0.3) is 0 Å². The van der Waals surface area contributed by atoms with E-state index >= 15 is 0 Å². The molecule has 0 saturated heterocycles. The molecule has 4 aromatic carbocycles. The Morgan fingerprint density at radius 1 is 0.789 bits per heavy atom. The standard InChI is InChI=1S/C31H22FN3O2P/c32-29-18-25(17-16-24(29)19-33)37-31(36)30-34-20-23(21-35-30)22-38(26-10-4-1-5-11-26,27-12-6-2-7-13-27)28-14-8-3-9-15-28/h1-18,20-21H,22H2/q+1. The van der Waals surface area contributed by atoms with Crippen molar-refractivity contribution in [1.29, 1.82) is 5.26 Å². The van der Waals surface area contributed by atoms with E-state index in [9.17, 15) is 9.18 Å². The number of hydrogen-bond donors (Lipinski definition) is 0. The Kier molecular flexibility index (Phi) is 7.31. The van der Waals surface area contributed by atoms with E-state index < -0.39 is 19.0 Å². The van der Waals surface area contributed by atoms with Gasteiger partial charge in [-0.3, -0.25) is 0 Å². The van der Waals surface area contributed by atoms with Crippen molar-refractivity contribution >= 4 is 29.1 Å². The minimum atomic E-state index is -2.15. The van der Waals surface area contributed by atoms with Gasteiger partial charge in [0.2, 0.25) is 5.82 Å². The molecule has 0 fully saturated rings. The van der Waals surface area contributed by atoms with Gasteiger partial charge < -0.3 is 4.74 Å². The van der Waals surface area contributed by atoms with Crippen LogP contribution in [0.1, 0.15) is 21.7 Å². The number of halogens is 1. The summed E-state index contributed by atoms with van der Waals surface area (Å²) in [6, 6.07) is 36.7. The van der Waals surface area contributed by atoms with Crippen molar-refractivity contribution in [3.8, 4) is 11.8 Å². The second-order valence-corrected chi connectivity index (χ2v) is 12.0. The fraction of sp³-hybridized carbons (Fsp3) is 0.0323. The van der Waals surface area contributed by atoms with Crippen LogP contribution in [0.3, 0.4) is 0 Å². The van der Waals surface area contributed by atoms with Crippen LogP contribution in [0, 0.1) is 17.1 Å². The Morgan fingerprint density at radius 2 is 1.29 bits per heavy atom. The molecule has 0 radical (unpaired) electrons. The first-order valence-corrected chi connectivity index (χ1v) is 13.9. The zero-order valence-electron chi connectivity index (χ0n) is 20.2. The summed E-state index contributed by atoms with van der Waals surface area (Å²) in [4.78, 5) is 21.2. The molecule has 1 heterocycles. The van der Waals surface area contributed by atoms with E-state index in [1.165, 1.54) is 28.0 Å². The molecule has 0 amide bonds. The molecule has 184 valence electrons. The summed E-state index contributed by atoms with van der Waals surface area (Å²) >= 11 is 0. The lowest BCUT2D eigenvalue weighted by atomic mass is 10.2. The van der Waals surface area contributed by atoms with Crippen molar-refractivity contribution < 1.29 is 13.9 Å². The minimum absolute atomic E-state index is 0.0265. The number of benzene rings is 4. The Bertz CT molecular complexity index is 1490. The van der Waals surface area contributed by atoms with E-state index in [2.05, 4.69) is 82.8 Å². The maximum absolute atomic E-state index is 13.9. The third-order valence-electron chi connectivity index (χ3n) is 6.17. The molecule has 5 nitrogen and oxygen atoms in total. The van der Waals surface area contributed by atoms with E-state index in [4.69, 9.17) is 10.00 Å². The number of carbonyl (C=O) groups is 1. The zero-order chi connectivity index (χ0) is 26.4. The molecular weight excluding hydrogens is 496 g/mol. The van der Waals surface area contributed by atoms with Crippen LogP contribution in [-0.2, 0) is 6.16 Å². The number of esters is 1. The van der Waals surface area contributed by atoms with Crippen molar-refractivity contribution in [1.82, 2.24) is 9.97 Å². The van der Waals surface area contributed by atoms with Crippen LogP contribution in [0.25, 0.3) is 0 Å². The number of nitriles is 1. The summed E-state index contributed by atoms with van der Waals surface area (Å²) in [5, 5.41) is 12.6. The highest BCUT2D eigenvalue weighted by Crippen LogP contribution is 2.57. The van der Waals surface area contributed by atoms with Crippen LogP contribution < -0.4 is 20.7 Å². The first-order chi connectivity index (χ1) is 18.6. The Morgan fingerprint density at radius 3 is 1.74 bits per heavy atom. The molecular formula is C31H22FN3O2P+. The van der Waals surface area contributed by atoms with Gasteiger partial charge >= 0.3 is 5.97 Å². The van der Waals surface area contributed by atoms with Crippen LogP contribution in [0.15, 0.2) is 122 Å². The van der Waals surface area contributed by atoms with Gasteiger partial charge in [0.05, 0.1) is 5.56 Å². The van der Waals surface area contributed by atoms with Crippen LogP contribution >= 0.6 is 7.26 Å². The number of carbonyl (C=O) groups excluding carboxylic acids is 1. The maximum atomic E-state index is 13.9. The van der Waals surface area contributed by atoms with Gasteiger partial charge in [0, 0.05) is 24.0 Å². The number of ether oxygens (including phenoxy) is 1. The summed E-state index contributed by atoms with van der Waals surface area (Å²) < 4.78 is 19.1. The average molecular weight is 519 g/mol. The maximum Gasteiger partial charge on any atom is 0.381 e. The lowest BCUT2D eigenvalue weighted by Gasteiger charge is -2.27. The number of aromatic nitrogens is 2. The zero-order valence-corrected chi connectivity index (χ0v) is 21.1. The van der Waals surface area contributed by atoms with E-state index in [1.54, 1.807) is 18.5 Å². The molecule has 1 aromatic heterocycles. The van der Waals surface area contributed by atoms with E-state index in [0.717, 1.165) is 11.6 Å².